The van der Waals surface area contributed by atoms with E-state index in [9.17, 15) is 14.4 Å². The first-order chi connectivity index (χ1) is 39.0. The summed E-state index contributed by atoms with van der Waals surface area (Å²) in [6.45, 7) is 6.31. The number of hydrogen-bond acceptors (Lipinski definition) is 6. The minimum Gasteiger partial charge on any atom is -0.462 e. The maximum absolute atomic E-state index is 12.9. The van der Waals surface area contributed by atoms with Crippen LogP contribution in [-0.4, -0.2) is 37.2 Å². The molecule has 0 saturated carbocycles. The fraction of sp³-hybridized carbons (Fsp3) is 0.630. The molecule has 0 rings (SSSR count). The molecular weight excluding hydrogens is 973 g/mol. The summed E-state index contributed by atoms with van der Waals surface area (Å²) in [4.78, 5) is 38.3. The van der Waals surface area contributed by atoms with Crippen molar-refractivity contribution in [3.63, 3.8) is 0 Å². The van der Waals surface area contributed by atoms with Crippen LogP contribution < -0.4 is 0 Å². The Hall–Kier alpha value is -4.71. The Bertz CT molecular complexity index is 1730. The van der Waals surface area contributed by atoms with Gasteiger partial charge in [0, 0.05) is 12.8 Å². The van der Waals surface area contributed by atoms with Crippen LogP contribution in [0.2, 0.25) is 0 Å². The summed E-state index contributed by atoms with van der Waals surface area (Å²) >= 11 is 0. The first kappa shape index (κ1) is 74.3. The number of ether oxygens (including phenoxy) is 3. The van der Waals surface area contributed by atoms with E-state index in [4.69, 9.17) is 14.2 Å². The third kappa shape index (κ3) is 64.0. The summed E-state index contributed by atoms with van der Waals surface area (Å²) < 4.78 is 16.8. The van der Waals surface area contributed by atoms with Crippen LogP contribution in [0.4, 0.5) is 0 Å². The van der Waals surface area contributed by atoms with Crippen molar-refractivity contribution >= 4 is 17.9 Å². The summed E-state index contributed by atoms with van der Waals surface area (Å²) in [7, 11) is 0. The highest BCUT2D eigenvalue weighted by atomic mass is 16.6. The Morgan fingerprint density at radius 3 is 0.899 bits per heavy atom. The van der Waals surface area contributed by atoms with Crippen molar-refractivity contribution < 1.29 is 28.6 Å². The second-order valence-corrected chi connectivity index (χ2v) is 20.9. The van der Waals surface area contributed by atoms with E-state index in [1.54, 1.807) is 6.08 Å². The van der Waals surface area contributed by atoms with Gasteiger partial charge < -0.3 is 14.2 Å². The van der Waals surface area contributed by atoms with Crippen molar-refractivity contribution in [1.29, 1.82) is 0 Å². The number of allylic oxidation sites excluding steroid dienone is 23. The van der Waals surface area contributed by atoms with Crippen LogP contribution in [0.5, 0.6) is 0 Å². The number of carbonyl (C=O) groups excluding carboxylic acids is 3. The number of esters is 3. The molecule has 1 atom stereocenters. The van der Waals surface area contributed by atoms with Crippen molar-refractivity contribution in [2.45, 2.75) is 284 Å². The Balaban J connectivity index is 4.49. The van der Waals surface area contributed by atoms with Crippen molar-refractivity contribution in [3.8, 4) is 0 Å². The van der Waals surface area contributed by atoms with E-state index in [2.05, 4.69) is 154 Å². The van der Waals surface area contributed by atoms with Crippen LogP contribution >= 0.6 is 0 Å². The lowest BCUT2D eigenvalue weighted by atomic mass is 10.0. The molecule has 0 aromatic heterocycles. The lowest BCUT2D eigenvalue weighted by Crippen LogP contribution is -2.30. The molecule has 0 fully saturated rings. The molecule has 0 aliphatic rings. The molecule has 0 aromatic carbocycles. The highest BCUT2D eigenvalue weighted by Gasteiger charge is 2.19. The van der Waals surface area contributed by atoms with Gasteiger partial charge in [-0.2, -0.15) is 0 Å². The number of unbranched alkanes of at least 4 members (excludes halogenated alkanes) is 23. The molecule has 1 unspecified atom stereocenters. The summed E-state index contributed by atoms with van der Waals surface area (Å²) in [6, 6.07) is 0. The second-order valence-electron chi connectivity index (χ2n) is 20.9. The average molecular weight is 1090 g/mol. The van der Waals surface area contributed by atoms with Gasteiger partial charge in [-0.05, 0) is 122 Å². The molecule has 6 heteroatoms. The molecule has 6 nitrogen and oxygen atoms in total. The van der Waals surface area contributed by atoms with Crippen LogP contribution in [0.15, 0.2) is 146 Å². The van der Waals surface area contributed by atoms with Gasteiger partial charge in [-0.3, -0.25) is 14.4 Å². The Kier molecular flexibility index (Phi) is 61.9. The number of hydrogen-bond donors (Lipinski definition) is 0. The summed E-state index contributed by atoms with van der Waals surface area (Å²) in [5.41, 5.74) is 0. The van der Waals surface area contributed by atoms with Gasteiger partial charge in [0.1, 0.15) is 13.2 Å². The lowest BCUT2D eigenvalue weighted by molar-refractivity contribution is -0.166. The molecule has 446 valence electrons. The quantitative estimate of drug-likeness (QED) is 0.0261. The van der Waals surface area contributed by atoms with E-state index >= 15 is 0 Å². The molecule has 79 heavy (non-hydrogen) atoms. The van der Waals surface area contributed by atoms with Crippen LogP contribution in [0.1, 0.15) is 278 Å². The number of rotatable bonds is 57. The Morgan fingerprint density at radius 2 is 0.544 bits per heavy atom. The van der Waals surface area contributed by atoms with E-state index in [-0.39, 0.29) is 31.6 Å². The smallest absolute Gasteiger partial charge is 0.309 e. The fourth-order valence-corrected chi connectivity index (χ4v) is 8.57. The zero-order chi connectivity index (χ0) is 57.1. The molecule has 0 aliphatic carbocycles. The molecular formula is C73H118O6. The fourth-order valence-electron chi connectivity index (χ4n) is 8.57. The van der Waals surface area contributed by atoms with E-state index in [0.29, 0.717) is 12.8 Å². The molecule has 0 aliphatic heterocycles. The van der Waals surface area contributed by atoms with E-state index in [1.807, 2.05) is 6.08 Å². The monoisotopic (exact) mass is 1090 g/mol. The molecule has 0 spiro atoms. The first-order valence-electron chi connectivity index (χ1n) is 32.3. The van der Waals surface area contributed by atoms with Gasteiger partial charge in [0.25, 0.3) is 0 Å². The Morgan fingerprint density at radius 1 is 0.278 bits per heavy atom. The molecule has 0 aromatic rings. The molecule has 0 radical (unpaired) electrons. The third-order valence-corrected chi connectivity index (χ3v) is 13.3. The van der Waals surface area contributed by atoms with Gasteiger partial charge in [0.2, 0.25) is 0 Å². The highest BCUT2D eigenvalue weighted by Crippen LogP contribution is 2.15. The summed E-state index contributed by atoms with van der Waals surface area (Å²) in [6.07, 6.45) is 94.5. The maximum Gasteiger partial charge on any atom is 0.309 e. The third-order valence-electron chi connectivity index (χ3n) is 13.3. The average Bonchev–Trinajstić information content (AvgIpc) is 3.45. The van der Waals surface area contributed by atoms with Crippen molar-refractivity contribution in [3.05, 3.63) is 146 Å². The zero-order valence-electron chi connectivity index (χ0n) is 51.1. The van der Waals surface area contributed by atoms with Gasteiger partial charge in [-0.15, -0.1) is 0 Å². The van der Waals surface area contributed by atoms with E-state index in [0.717, 1.165) is 122 Å². The predicted molar refractivity (Wildman–Crippen MR) is 343 cm³/mol. The molecule has 0 amide bonds. The van der Waals surface area contributed by atoms with Gasteiger partial charge in [-0.1, -0.05) is 282 Å². The van der Waals surface area contributed by atoms with Gasteiger partial charge in [0.15, 0.2) is 6.10 Å². The SMILES string of the molecule is CC/C=C\C/C=C\C/C=C\C/C=C\C/C=C\C/C=C\CCCCCCC(=O)OCC(COC(=O)C/C=C\C/C=C\C/C=C\C/C=C\C/C=C\CC)OC(=O)CCCCCCCCCCCCC/C=C\CCCCCCCCCC. The van der Waals surface area contributed by atoms with Crippen LogP contribution in [0.25, 0.3) is 0 Å². The van der Waals surface area contributed by atoms with E-state index < -0.39 is 12.1 Å². The maximum atomic E-state index is 12.9. The van der Waals surface area contributed by atoms with Crippen LogP contribution in [0.3, 0.4) is 0 Å². The largest absolute Gasteiger partial charge is 0.462 e. The summed E-state index contributed by atoms with van der Waals surface area (Å²) in [5, 5.41) is 0. The molecule has 0 saturated heterocycles. The topological polar surface area (TPSA) is 78.9 Å². The highest BCUT2D eigenvalue weighted by molar-refractivity contribution is 5.72. The standard InChI is InChI=1S/C73H118O6/c1-4-7-10-13-16-19-22-25-28-30-32-34-36-38-40-42-45-48-51-54-57-60-63-66-72(75)78-69-70(68-77-71(74)65-62-59-56-53-50-47-44-27-24-21-18-15-12-9-6-3)79-73(76)67-64-61-58-55-52-49-46-43-41-39-37-35-33-31-29-26-23-20-17-14-11-8-5-2/h7,9-10,12,16,18-19,21,25,27-28,31-34,38,40,44-45,48,50,53,59,62,70H,4-6,8,11,13-15,17,20,22-24,26,29-30,35-37,39,41-43,46-47,49,51-52,54-58,60-61,63-69H2,1-3H3/b10-7-,12-9-,19-16-,21-18-,28-25-,33-31-,34-32-,40-38-,44-27-,48-45-,53-50-,62-59-. The van der Waals surface area contributed by atoms with Gasteiger partial charge >= 0.3 is 17.9 Å². The summed E-state index contributed by atoms with van der Waals surface area (Å²) in [5.74, 6) is -1.08. The molecule has 0 heterocycles. The van der Waals surface area contributed by atoms with E-state index in [1.165, 1.54) is 116 Å². The first-order valence-corrected chi connectivity index (χ1v) is 32.3. The minimum absolute atomic E-state index is 0.116. The van der Waals surface area contributed by atoms with Gasteiger partial charge in [0.05, 0.1) is 6.42 Å². The molecule has 0 N–H and O–H groups in total. The van der Waals surface area contributed by atoms with Crippen molar-refractivity contribution in [2.75, 3.05) is 13.2 Å². The van der Waals surface area contributed by atoms with Crippen molar-refractivity contribution in [1.82, 2.24) is 0 Å². The van der Waals surface area contributed by atoms with Crippen molar-refractivity contribution in [2.24, 2.45) is 0 Å². The minimum atomic E-state index is -0.837. The van der Waals surface area contributed by atoms with Crippen LogP contribution in [-0.2, 0) is 28.6 Å². The predicted octanol–water partition coefficient (Wildman–Crippen LogP) is 22.3. The Labute approximate surface area is 487 Å². The normalized spacial score (nSPS) is 13.1. The zero-order valence-corrected chi connectivity index (χ0v) is 51.1. The van der Waals surface area contributed by atoms with Crippen LogP contribution in [0, 0.1) is 0 Å². The second kappa shape index (κ2) is 65.8. The lowest BCUT2D eigenvalue weighted by Gasteiger charge is -2.18. The van der Waals surface area contributed by atoms with Gasteiger partial charge in [-0.25, -0.2) is 0 Å². The number of carbonyl (C=O) groups is 3. The molecule has 0 bridgehead atoms.